The van der Waals surface area contributed by atoms with Crippen LogP contribution in [-0.2, 0) is 14.4 Å². The predicted molar refractivity (Wildman–Crippen MR) is 53.3 cm³/mol. The zero-order valence-electron chi connectivity index (χ0n) is 9.29. The SMILES string of the molecule is CCC(=O)N1NC(=O)C(CC)(CC)C1=O. The number of amides is 3. The molecule has 5 heteroatoms. The molecule has 1 fully saturated rings. The minimum absolute atomic E-state index is 0.204. The first-order valence-corrected chi connectivity index (χ1v) is 5.22. The van der Waals surface area contributed by atoms with Gasteiger partial charge in [-0.25, -0.2) is 0 Å². The molecule has 1 heterocycles. The van der Waals surface area contributed by atoms with Crippen LogP contribution in [0.1, 0.15) is 40.0 Å². The van der Waals surface area contributed by atoms with Crippen LogP contribution < -0.4 is 5.43 Å². The Morgan fingerprint density at radius 2 is 1.80 bits per heavy atom. The zero-order valence-corrected chi connectivity index (χ0v) is 9.29. The monoisotopic (exact) mass is 212 g/mol. The molecule has 0 aromatic rings. The Morgan fingerprint density at radius 1 is 1.27 bits per heavy atom. The van der Waals surface area contributed by atoms with E-state index in [-0.39, 0.29) is 18.2 Å². The molecular weight excluding hydrogens is 196 g/mol. The molecule has 1 aliphatic rings. The third-order valence-electron chi connectivity index (χ3n) is 3.02. The third-order valence-corrected chi connectivity index (χ3v) is 3.02. The normalized spacial score (nSPS) is 19.3. The molecule has 0 bridgehead atoms. The van der Waals surface area contributed by atoms with E-state index in [0.29, 0.717) is 12.8 Å². The van der Waals surface area contributed by atoms with Crippen molar-refractivity contribution >= 4 is 17.7 Å². The van der Waals surface area contributed by atoms with Crippen molar-refractivity contribution in [2.75, 3.05) is 0 Å². The van der Waals surface area contributed by atoms with Crippen LogP contribution >= 0.6 is 0 Å². The molecule has 3 amide bonds. The van der Waals surface area contributed by atoms with Gasteiger partial charge in [-0.15, -0.1) is 0 Å². The molecule has 5 nitrogen and oxygen atoms in total. The van der Waals surface area contributed by atoms with Gasteiger partial charge >= 0.3 is 0 Å². The molecule has 0 aromatic heterocycles. The molecule has 0 atom stereocenters. The van der Waals surface area contributed by atoms with Crippen LogP contribution in [-0.4, -0.2) is 22.7 Å². The molecule has 0 aromatic carbocycles. The minimum atomic E-state index is -1.04. The Morgan fingerprint density at radius 3 is 2.13 bits per heavy atom. The molecule has 0 radical (unpaired) electrons. The van der Waals surface area contributed by atoms with E-state index in [9.17, 15) is 14.4 Å². The molecule has 0 saturated carbocycles. The Labute approximate surface area is 88.8 Å². The third kappa shape index (κ3) is 1.52. The number of nitrogens with one attached hydrogen (secondary N) is 1. The van der Waals surface area contributed by atoms with E-state index in [1.54, 1.807) is 20.8 Å². The molecule has 1 N–H and O–H groups in total. The van der Waals surface area contributed by atoms with Gasteiger partial charge in [-0.2, -0.15) is 5.01 Å². The molecule has 15 heavy (non-hydrogen) atoms. The minimum Gasteiger partial charge on any atom is -0.273 e. The van der Waals surface area contributed by atoms with Crippen molar-refractivity contribution < 1.29 is 14.4 Å². The first-order chi connectivity index (χ1) is 7.03. The lowest BCUT2D eigenvalue weighted by molar-refractivity contribution is -0.148. The average molecular weight is 212 g/mol. The Balaban J connectivity index is 3.02. The molecule has 1 saturated heterocycles. The summed E-state index contributed by atoms with van der Waals surface area (Å²) in [7, 11) is 0. The van der Waals surface area contributed by atoms with Crippen LogP contribution in [0.3, 0.4) is 0 Å². The highest BCUT2D eigenvalue weighted by Gasteiger charge is 2.53. The van der Waals surface area contributed by atoms with Gasteiger partial charge in [0.2, 0.25) is 5.91 Å². The van der Waals surface area contributed by atoms with Crippen LogP contribution in [0.2, 0.25) is 0 Å². The largest absolute Gasteiger partial charge is 0.273 e. The Hall–Kier alpha value is -1.39. The van der Waals surface area contributed by atoms with Crippen LogP contribution in [0.4, 0.5) is 0 Å². The molecule has 1 rings (SSSR count). The number of nitrogens with zero attached hydrogens (tertiary/aromatic N) is 1. The van der Waals surface area contributed by atoms with Gasteiger partial charge in [0.1, 0.15) is 5.41 Å². The number of carbonyl (C=O) groups is 3. The van der Waals surface area contributed by atoms with E-state index in [1.807, 2.05) is 0 Å². The fourth-order valence-corrected chi connectivity index (χ4v) is 1.78. The summed E-state index contributed by atoms with van der Waals surface area (Å²) in [5, 5.41) is 0.856. The summed E-state index contributed by atoms with van der Waals surface area (Å²) in [5.74, 6) is -1.14. The second-order valence-electron chi connectivity index (χ2n) is 3.62. The summed E-state index contributed by atoms with van der Waals surface area (Å²) in [6.07, 6.45) is 1.04. The van der Waals surface area contributed by atoms with Gasteiger partial charge in [-0.05, 0) is 12.8 Å². The average Bonchev–Trinajstić information content (AvgIpc) is 2.50. The van der Waals surface area contributed by atoms with Crippen molar-refractivity contribution in [3.8, 4) is 0 Å². The summed E-state index contributed by atoms with van der Waals surface area (Å²) in [6.45, 7) is 5.21. The highest BCUT2D eigenvalue weighted by atomic mass is 16.2. The van der Waals surface area contributed by atoms with Gasteiger partial charge in [0.25, 0.3) is 11.8 Å². The molecule has 0 spiro atoms. The molecular formula is C10H16N2O3. The topological polar surface area (TPSA) is 66.5 Å². The number of imide groups is 1. The van der Waals surface area contributed by atoms with E-state index in [2.05, 4.69) is 5.43 Å². The summed E-state index contributed by atoms with van der Waals surface area (Å²) in [5.41, 5.74) is 1.31. The summed E-state index contributed by atoms with van der Waals surface area (Å²) in [6, 6.07) is 0. The van der Waals surface area contributed by atoms with E-state index in [1.165, 1.54) is 0 Å². The lowest BCUT2D eigenvalue weighted by Crippen LogP contribution is -2.41. The molecule has 1 aliphatic heterocycles. The number of hydrogen-bond donors (Lipinski definition) is 1. The fourth-order valence-electron chi connectivity index (χ4n) is 1.78. The van der Waals surface area contributed by atoms with Gasteiger partial charge in [0, 0.05) is 6.42 Å². The van der Waals surface area contributed by atoms with Crippen molar-refractivity contribution in [2.45, 2.75) is 40.0 Å². The first-order valence-electron chi connectivity index (χ1n) is 5.22. The fraction of sp³-hybridized carbons (Fsp3) is 0.700. The number of rotatable bonds is 3. The van der Waals surface area contributed by atoms with Crippen LogP contribution in [0.15, 0.2) is 0 Å². The summed E-state index contributed by atoms with van der Waals surface area (Å²) >= 11 is 0. The lowest BCUT2D eigenvalue weighted by Gasteiger charge is -2.19. The second-order valence-corrected chi connectivity index (χ2v) is 3.62. The van der Waals surface area contributed by atoms with E-state index < -0.39 is 11.3 Å². The Kier molecular flexibility index (Phi) is 3.12. The van der Waals surface area contributed by atoms with Crippen LogP contribution in [0.5, 0.6) is 0 Å². The number of hydrazine groups is 1. The zero-order chi connectivity index (χ0) is 11.6. The molecule has 84 valence electrons. The second kappa shape index (κ2) is 4.00. The van der Waals surface area contributed by atoms with Gasteiger partial charge in [0.05, 0.1) is 0 Å². The quantitative estimate of drug-likeness (QED) is 0.697. The van der Waals surface area contributed by atoms with Crippen molar-refractivity contribution in [2.24, 2.45) is 5.41 Å². The van der Waals surface area contributed by atoms with Gasteiger partial charge in [-0.1, -0.05) is 20.8 Å². The van der Waals surface area contributed by atoms with E-state index in [0.717, 1.165) is 5.01 Å². The van der Waals surface area contributed by atoms with Crippen molar-refractivity contribution in [3.63, 3.8) is 0 Å². The van der Waals surface area contributed by atoms with Crippen molar-refractivity contribution in [1.29, 1.82) is 0 Å². The molecule has 0 unspecified atom stereocenters. The highest BCUT2D eigenvalue weighted by Crippen LogP contribution is 2.33. The van der Waals surface area contributed by atoms with E-state index >= 15 is 0 Å². The maximum atomic E-state index is 11.9. The van der Waals surface area contributed by atoms with Crippen molar-refractivity contribution in [1.82, 2.24) is 10.4 Å². The van der Waals surface area contributed by atoms with Crippen LogP contribution in [0, 0.1) is 5.41 Å². The van der Waals surface area contributed by atoms with Gasteiger partial charge < -0.3 is 0 Å². The molecule has 0 aliphatic carbocycles. The predicted octanol–water partition coefficient (Wildman–Crippen LogP) is 0.603. The van der Waals surface area contributed by atoms with E-state index in [4.69, 9.17) is 0 Å². The lowest BCUT2D eigenvalue weighted by atomic mass is 9.82. The van der Waals surface area contributed by atoms with Gasteiger partial charge in [0.15, 0.2) is 0 Å². The number of carbonyl (C=O) groups excluding carboxylic acids is 3. The Bertz CT molecular complexity index is 308. The highest BCUT2D eigenvalue weighted by molar-refractivity contribution is 6.15. The van der Waals surface area contributed by atoms with Crippen molar-refractivity contribution in [3.05, 3.63) is 0 Å². The summed E-state index contributed by atoms with van der Waals surface area (Å²) in [4.78, 5) is 35.0. The standard InChI is InChI=1S/C10H16N2O3/c1-4-7(13)12-9(15)10(5-2,6-3)8(14)11-12/h4-6H2,1-3H3,(H,11,14). The van der Waals surface area contributed by atoms with Crippen LogP contribution in [0.25, 0.3) is 0 Å². The van der Waals surface area contributed by atoms with Gasteiger partial charge in [-0.3, -0.25) is 19.8 Å². The maximum absolute atomic E-state index is 11.9. The first kappa shape index (κ1) is 11.7. The maximum Gasteiger partial charge on any atom is 0.263 e. The smallest absolute Gasteiger partial charge is 0.263 e. The number of hydrogen-bond acceptors (Lipinski definition) is 3. The summed E-state index contributed by atoms with van der Waals surface area (Å²) < 4.78 is 0.